The SMILES string of the molecule is O=C(CCc1ccc(-c2ccccc2C(F)(F)F)o1)C1C(=O)CCN(C(=O)c2ccccc2)C1=O. The third kappa shape index (κ3) is 5.08. The van der Waals surface area contributed by atoms with Gasteiger partial charge >= 0.3 is 6.18 Å². The molecule has 6 nitrogen and oxygen atoms in total. The number of piperidine rings is 1. The van der Waals surface area contributed by atoms with Crippen LogP contribution >= 0.6 is 0 Å². The molecule has 0 bridgehead atoms. The normalized spacial score (nSPS) is 16.4. The van der Waals surface area contributed by atoms with Gasteiger partial charge in [0.1, 0.15) is 11.5 Å². The van der Waals surface area contributed by atoms with Crippen molar-refractivity contribution in [1.82, 2.24) is 4.90 Å². The second-order valence-electron chi connectivity index (χ2n) is 8.09. The standard InChI is InChI=1S/C26H20F3NO5/c27-26(28,29)19-9-5-4-8-18(19)22-13-11-17(35-22)10-12-20(31)23-21(32)14-15-30(25(23)34)24(33)16-6-2-1-3-7-16/h1-9,11,13,23H,10,12,14-15H2. The summed E-state index contributed by atoms with van der Waals surface area (Å²) in [5.41, 5.74) is -0.715. The first-order valence-electron chi connectivity index (χ1n) is 10.9. The van der Waals surface area contributed by atoms with E-state index in [1.165, 1.54) is 42.5 Å². The van der Waals surface area contributed by atoms with Crippen LogP contribution in [-0.2, 0) is 27.0 Å². The molecule has 0 spiro atoms. The number of benzene rings is 2. The number of amides is 2. The van der Waals surface area contributed by atoms with E-state index < -0.39 is 41.0 Å². The molecule has 2 heterocycles. The molecule has 4 rings (SSSR count). The lowest BCUT2D eigenvalue weighted by atomic mass is 9.88. The molecule has 9 heteroatoms. The maximum Gasteiger partial charge on any atom is 0.417 e. The minimum absolute atomic E-state index is 0.00942. The summed E-state index contributed by atoms with van der Waals surface area (Å²) in [7, 11) is 0. The molecule has 1 fully saturated rings. The number of aryl methyl sites for hydroxylation is 1. The van der Waals surface area contributed by atoms with Crippen LogP contribution in [0.2, 0.25) is 0 Å². The summed E-state index contributed by atoms with van der Waals surface area (Å²) in [5.74, 6) is -4.03. The summed E-state index contributed by atoms with van der Waals surface area (Å²) >= 11 is 0. The fraction of sp³-hybridized carbons (Fsp3) is 0.231. The Balaban J connectivity index is 1.45. The first kappa shape index (κ1) is 24.1. The highest BCUT2D eigenvalue weighted by Crippen LogP contribution is 2.37. The van der Waals surface area contributed by atoms with Crippen molar-refractivity contribution in [3.8, 4) is 11.3 Å². The van der Waals surface area contributed by atoms with E-state index in [4.69, 9.17) is 4.42 Å². The van der Waals surface area contributed by atoms with E-state index in [0.29, 0.717) is 0 Å². The number of furan rings is 1. The van der Waals surface area contributed by atoms with Gasteiger partial charge in [0.15, 0.2) is 17.5 Å². The maximum atomic E-state index is 13.3. The number of rotatable bonds is 6. The lowest BCUT2D eigenvalue weighted by molar-refractivity contribution is -0.148. The fourth-order valence-electron chi connectivity index (χ4n) is 4.02. The second kappa shape index (κ2) is 9.69. The number of likely N-dealkylation sites (tertiary alicyclic amines) is 1. The Bertz CT molecular complexity index is 1280. The number of ketones is 2. The fourth-order valence-corrected chi connectivity index (χ4v) is 4.02. The van der Waals surface area contributed by atoms with Gasteiger partial charge in [0.25, 0.3) is 5.91 Å². The van der Waals surface area contributed by atoms with E-state index >= 15 is 0 Å². The molecular weight excluding hydrogens is 463 g/mol. The molecule has 1 aromatic heterocycles. The van der Waals surface area contributed by atoms with Gasteiger partial charge in [-0.15, -0.1) is 0 Å². The number of imide groups is 1. The van der Waals surface area contributed by atoms with Crippen molar-refractivity contribution in [3.05, 3.63) is 83.6 Å². The van der Waals surface area contributed by atoms with Crippen molar-refractivity contribution in [2.45, 2.75) is 25.4 Å². The third-order valence-electron chi connectivity index (χ3n) is 5.78. The van der Waals surface area contributed by atoms with Crippen LogP contribution in [0.15, 0.2) is 71.1 Å². The van der Waals surface area contributed by atoms with Crippen molar-refractivity contribution in [1.29, 1.82) is 0 Å². The van der Waals surface area contributed by atoms with E-state index in [1.54, 1.807) is 18.2 Å². The molecule has 2 amide bonds. The largest absolute Gasteiger partial charge is 0.461 e. The topological polar surface area (TPSA) is 84.7 Å². The van der Waals surface area contributed by atoms with Gasteiger partial charge < -0.3 is 4.42 Å². The molecule has 1 aliphatic rings. The van der Waals surface area contributed by atoms with E-state index in [1.807, 2.05) is 0 Å². The molecule has 3 aromatic rings. The Hall–Kier alpha value is -4.01. The predicted molar refractivity (Wildman–Crippen MR) is 118 cm³/mol. The maximum absolute atomic E-state index is 13.3. The first-order chi connectivity index (χ1) is 16.7. The quantitative estimate of drug-likeness (QED) is 0.374. The zero-order chi connectivity index (χ0) is 25.2. The summed E-state index contributed by atoms with van der Waals surface area (Å²) in [6.07, 6.45) is -4.95. The van der Waals surface area contributed by atoms with E-state index in [0.717, 1.165) is 11.0 Å². The molecule has 0 aliphatic carbocycles. The highest BCUT2D eigenvalue weighted by atomic mass is 19.4. The van der Waals surface area contributed by atoms with Crippen molar-refractivity contribution < 1.29 is 36.8 Å². The molecule has 1 atom stereocenters. The minimum atomic E-state index is -4.57. The molecule has 0 radical (unpaired) electrons. The number of carbonyl (C=O) groups is 4. The predicted octanol–water partition coefficient (Wildman–Crippen LogP) is 4.73. The van der Waals surface area contributed by atoms with E-state index in [9.17, 15) is 32.3 Å². The van der Waals surface area contributed by atoms with E-state index in [-0.39, 0.29) is 48.5 Å². The van der Waals surface area contributed by atoms with Gasteiger partial charge in [0, 0.05) is 36.9 Å². The average molecular weight is 483 g/mol. The van der Waals surface area contributed by atoms with Gasteiger partial charge in [0.05, 0.1) is 5.56 Å². The smallest absolute Gasteiger partial charge is 0.417 e. The van der Waals surface area contributed by atoms with Gasteiger partial charge in [-0.25, -0.2) is 0 Å². The zero-order valence-electron chi connectivity index (χ0n) is 18.4. The molecule has 1 unspecified atom stereocenters. The summed E-state index contributed by atoms with van der Waals surface area (Å²) in [5, 5.41) is 0. The summed E-state index contributed by atoms with van der Waals surface area (Å²) in [6, 6.07) is 15.9. The Morgan fingerprint density at radius 3 is 2.34 bits per heavy atom. The van der Waals surface area contributed by atoms with Crippen molar-refractivity contribution in [2.24, 2.45) is 5.92 Å². The molecule has 180 valence electrons. The molecule has 2 aromatic carbocycles. The minimum Gasteiger partial charge on any atom is -0.461 e. The van der Waals surface area contributed by atoms with Crippen LogP contribution in [0.25, 0.3) is 11.3 Å². The first-order valence-corrected chi connectivity index (χ1v) is 10.9. The van der Waals surface area contributed by atoms with Crippen LogP contribution < -0.4 is 0 Å². The van der Waals surface area contributed by atoms with Crippen LogP contribution in [0.4, 0.5) is 13.2 Å². The highest BCUT2D eigenvalue weighted by molar-refractivity contribution is 6.23. The highest BCUT2D eigenvalue weighted by Gasteiger charge is 2.42. The molecular formula is C26H20F3NO5. The zero-order valence-corrected chi connectivity index (χ0v) is 18.4. The second-order valence-corrected chi connectivity index (χ2v) is 8.09. The van der Waals surface area contributed by atoms with Crippen LogP contribution in [0, 0.1) is 5.92 Å². The number of nitrogens with zero attached hydrogens (tertiary/aromatic N) is 1. The summed E-state index contributed by atoms with van der Waals surface area (Å²) < 4.78 is 45.4. The number of hydrogen-bond donors (Lipinski definition) is 0. The molecule has 1 aliphatic heterocycles. The van der Waals surface area contributed by atoms with Gasteiger partial charge in [-0.05, 0) is 30.3 Å². The Labute approximate surface area is 198 Å². The molecule has 35 heavy (non-hydrogen) atoms. The van der Waals surface area contributed by atoms with Crippen LogP contribution in [-0.4, -0.2) is 34.8 Å². The monoisotopic (exact) mass is 483 g/mol. The Morgan fingerprint density at radius 1 is 0.943 bits per heavy atom. The molecule has 1 saturated heterocycles. The number of alkyl halides is 3. The number of halogens is 3. The summed E-state index contributed by atoms with van der Waals surface area (Å²) in [6.45, 7) is -0.102. The Kier molecular flexibility index (Phi) is 6.68. The van der Waals surface area contributed by atoms with Crippen molar-refractivity contribution in [3.63, 3.8) is 0 Å². The van der Waals surface area contributed by atoms with Gasteiger partial charge in [0.2, 0.25) is 5.91 Å². The number of carbonyl (C=O) groups excluding carboxylic acids is 4. The van der Waals surface area contributed by atoms with Crippen molar-refractivity contribution >= 4 is 23.4 Å². The van der Waals surface area contributed by atoms with Crippen molar-refractivity contribution in [2.75, 3.05) is 6.54 Å². The van der Waals surface area contributed by atoms with Crippen LogP contribution in [0.1, 0.15) is 34.5 Å². The van der Waals surface area contributed by atoms with E-state index in [2.05, 4.69) is 0 Å². The Morgan fingerprint density at radius 2 is 1.63 bits per heavy atom. The molecule has 0 N–H and O–H groups in total. The lowest BCUT2D eigenvalue weighted by Gasteiger charge is -2.29. The molecule has 0 saturated carbocycles. The van der Waals surface area contributed by atoms with Crippen LogP contribution in [0.5, 0.6) is 0 Å². The van der Waals surface area contributed by atoms with Crippen LogP contribution in [0.3, 0.4) is 0 Å². The third-order valence-corrected chi connectivity index (χ3v) is 5.78. The number of Topliss-reactive ketones (excluding diaryl/α,β-unsaturated/α-hetero) is 2. The summed E-state index contributed by atoms with van der Waals surface area (Å²) in [4.78, 5) is 51.6. The van der Waals surface area contributed by atoms with Gasteiger partial charge in [-0.2, -0.15) is 13.2 Å². The van der Waals surface area contributed by atoms with Gasteiger partial charge in [-0.3, -0.25) is 24.1 Å². The average Bonchev–Trinajstić information content (AvgIpc) is 3.31. The lowest BCUT2D eigenvalue weighted by Crippen LogP contribution is -2.51. The van der Waals surface area contributed by atoms with Gasteiger partial charge in [-0.1, -0.05) is 36.4 Å². The number of hydrogen-bond acceptors (Lipinski definition) is 5.